The topological polar surface area (TPSA) is 82.3 Å². The van der Waals surface area contributed by atoms with E-state index in [1.807, 2.05) is 50.2 Å². The van der Waals surface area contributed by atoms with Gasteiger partial charge >= 0.3 is 5.91 Å². The van der Waals surface area contributed by atoms with E-state index < -0.39 is 5.91 Å². The summed E-state index contributed by atoms with van der Waals surface area (Å²) in [6.07, 6.45) is 1.54. The maximum Gasteiger partial charge on any atom is 0.307 e. The Hall–Kier alpha value is -4.26. The molecule has 1 aromatic heterocycles. The Morgan fingerprint density at radius 3 is 2.60 bits per heavy atom. The summed E-state index contributed by atoms with van der Waals surface area (Å²) in [6, 6.07) is 20.7. The van der Waals surface area contributed by atoms with Crippen LogP contribution in [0.5, 0.6) is 17.2 Å². The number of ether oxygens (including phenoxy) is 3. The third kappa shape index (κ3) is 6.20. The number of fused-ring (bicyclic) bond motifs is 1. The Morgan fingerprint density at radius 1 is 0.943 bits per heavy atom. The molecule has 1 amide bonds. The predicted octanol–water partition coefficient (Wildman–Crippen LogP) is 5.88. The predicted molar refractivity (Wildman–Crippen MR) is 136 cm³/mol. The fourth-order valence-corrected chi connectivity index (χ4v) is 3.57. The molecule has 0 saturated heterocycles. The van der Waals surface area contributed by atoms with E-state index in [0.717, 1.165) is 22.3 Å². The number of rotatable bonds is 10. The molecule has 4 aromatic rings. The Morgan fingerprint density at radius 2 is 1.80 bits per heavy atom. The van der Waals surface area contributed by atoms with Gasteiger partial charge in [0.15, 0.2) is 17.3 Å². The second-order valence-electron chi connectivity index (χ2n) is 7.86. The Labute approximate surface area is 204 Å². The molecule has 0 atom stereocenters. The molecule has 0 spiro atoms. The number of hydrogen-bond acceptors (Lipinski definition) is 6. The van der Waals surface area contributed by atoms with Crippen molar-refractivity contribution in [3.63, 3.8) is 0 Å². The van der Waals surface area contributed by atoms with E-state index >= 15 is 0 Å². The second-order valence-corrected chi connectivity index (χ2v) is 7.86. The summed E-state index contributed by atoms with van der Waals surface area (Å²) in [4.78, 5) is 12.5. The van der Waals surface area contributed by atoms with Crippen LogP contribution in [0.25, 0.3) is 11.0 Å². The van der Waals surface area contributed by atoms with Gasteiger partial charge in [0.25, 0.3) is 0 Å². The highest BCUT2D eigenvalue weighted by molar-refractivity contribution is 5.96. The van der Waals surface area contributed by atoms with Gasteiger partial charge in [-0.25, -0.2) is 5.43 Å². The van der Waals surface area contributed by atoms with Crippen molar-refractivity contribution >= 4 is 23.1 Å². The molecule has 4 rings (SSSR count). The number of benzene rings is 3. The number of aryl methyl sites for hydroxylation is 1. The molecule has 0 aliphatic rings. The average Bonchev–Trinajstić information content (AvgIpc) is 3.28. The van der Waals surface area contributed by atoms with Crippen molar-refractivity contribution in [2.75, 3.05) is 13.2 Å². The molecule has 1 heterocycles. The maximum absolute atomic E-state index is 12.5. The van der Waals surface area contributed by atoms with Crippen molar-refractivity contribution in [1.82, 2.24) is 5.43 Å². The zero-order valence-corrected chi connectivity index (χ0v) is 20.0. The van der Waals surface area contributed by atoms with Crippen molar-refractivity contribution in [2.45, 2.75) is 27.4 Å². The van der Waals surface area contributed by atoms with Gasteiger partial charge in [-0.05, 0) is 74.4 Å². The summed E-state index contributed by atoms with van der Waals surface area (Å²) in [7, 11) is 0. The molecular formula is C28H28N2O5. The Balaban J connectivity index is 1.41. The van der Waals surface area contributed by atoms with Gasteiger partial charge in [0.2, 0.25) is 0 Å². The highest BCUT2D eigenvalue weighted by Gasteiger charge is 2.12. The van der Waals surface area contributed by atoms with E-state index in [0.29, 0.717) is 36.9 Å². The second kappa shape index (κ2) is 11.2. The maximum atomic E-state index is 12.5. The number of carbonyl (C=O) groups is 1. The molecule has 1 N–H and O–H groups in total. The summed E-state index contributed by atoms with van der Waals surface area (Å²) < 4.78 is 22.8. The van der Waals surface area contributed by atoms with Crippen LogP contribution >= 0.6 is 0 Å². The molecule has 0 fully saturated rings. The van der Waals surface area contributed by atoms with Crippen LogP contribution < -0.4 is 19.6 Å². The van der Waals surface area contributed by atoms with E-state index in [2.05, 4.69) is 29.6 Å². The summed E-state index contributed by atoms with van der Waals surface area (Å²) >= 11 is 0. The zero-order chi connectivity index (χ0) is 24.6. The molecule has 35 heavy (non-hydrogen) atoms. The molecule has 0 unspecified atom stereocenters. The third-order valence-electron chi connectivity index (χ3n) is 5.15. The molecule has 0 radical (unpaired) electrons. The van der Waals surface area contributed by atoms with Crippen molar-refractivity contribution in [3.8, 4) is 17.2 Å². The van der Waals surface area contributed by atoms with Gasteiger partial charge in [-0.1, -0.05) is 29.8 Å². The monoisotopic (exact) mass is 472 g/mol. The fourth-order valence-electron chi connectivity index (χ4n) is 3.57. The van der Waals surface area contributed by atoms with E-state index in [9.17, 15) is 4.79 Å². The summed E-state index contributed by atoms with van der Waals surface area (Å²) in [6.45, 7) is 7.38. The van der Waals surface area contributed by atoms with Gasteiger partial charge in [0.1, 0.15) is 17.9 Å². The fraction of sp³-hybridized carbons (Fsp3) is 0.214. The van der Waals surface area contributed by atoms with Gasteiger partial charge in [-0.2, -0.15) is 5.10 Å². The Kier molecular flexibility index (Phi) is 7.67. The zero-order valence-electron chi connectivity index (χ0n) is 20.0. The van der Waals surface area contributed by atoms with E-state index in [-0.39, 0.29) is 5.76 Å². The van der Waals surface area contributed by atoms with Crippen LogP contribution in [0.4, 0.5) is 0 Å². The van der Waals surface area contributed by atoms with Crippen molar-refractivity contribution in [2.24, 2.45) is 5.10 Å². The van der Waals surface area contributed by atoms with Crippen LogP contribution in [0.15, 0.2) is 76.2 Å². The lowest BCUT2D eigenvalue weighted by molar-refractivity contribution is 0.0929. The summed E-state index contributed by atoms with van der Waals surface area (Å²) in [5, 5.41) is 4.85. The number of furan rings is 1. The van der Waals surface area contributed by atoms with Crippen LogP contribution in [0.2, 0.25) is 0 Å². The molecule has 7 heteroatoms. The van der Waals surface area contributed by atoms with Crippen LogP contribution in [0, 0.1) is 6.92 Å². The average molecular weight is 473 g/mol. The van der Waals surface area contributed by atoms with E-state index in [4.69, 9.17) is 18.6 Å². The number of hydrogen-bond donors (Lipinski definition) is 1. The normalized spacial score (nSPS) is 11.1. The first-order chi connectivity index (χ1) is 17.1. The van der Waals surface area contributed by atoms with Crippen LogP contribution in [0.1, 0.15) is 41.1 Å². The first kappa shape index (κ1) is 23.9. The first-order valence-corrected chi connectivity index (χ1v) is 11.5. The van der Waals surface area contributed by atoms with E-state index in [1.165, 1.54) is 5.56 Å². The molecule has 0 saturated carbocycles. The Bertz CT molecular complexity index is 1340. The lowest BCUT2D eigenvalue weighted by Crippen LogP contribution is -2.16. The molecule has 0 bridgehead atoms. The van der Waals surface area contributed by atoms with Crippen molar-refractivity contribution in [1.29, 1.82) is 0 Å². The molecule has 0 aliphatic carbocycles. The highest BCUT2D eigenvalue weighted by atomic mass is 16.5. The minimum atomic E-state index is -0.446. The number of nitrogens with one attached hydrogen (secondary N) is 1. The molecule has 0 aliphatic heterocycles. The SMILES string of the molecule is CCOc1ccc2oc(C(=O)N/N=C/c3ccc(OCc4cccc(C)c4)c(OCC)c3)cc2c1. The number of hydrazone groups is 1. The smallest absolute Gasteiger partial charge is 0.307 e. The minimum Gasteiger partial charge on any atom is -0.494 e. The quantitative estimate of drug-likeness (QED) is 0.230. The summed E-state index contributed by atoms with van der Waals surface area (Å²) in [5.74, 6) is 1.70. The molecule has 7 nitrogen and oxygen atoms in total. The molecule has 180 valence electrons. The number of amides is 1. The molecule has 3 aromatic carbocycles. The van der Waals surface area contributed by atoms with Gasteiger partial charge in [-0.15, -0.1) is 0 Å². The van der Waals surface area contributed by atoms with Crippen LogP contribution in [-0.2, 0) is 6.61 Å². The van der Waals surface area contributed by atoms with Crippen LogP contribution in [-0.4, -0.2) is 25.3 Å². The summed E-state index contributed by atoms with van der Waals surface area (Å²) in [5.41, 5.74) is 6.12. The van der Waals surface area contributed by atoms with Gasteiger partial charge in [0, 0.05) is 5.39 Å². The molecular weight excluding hydrogens is 444 g/mol. The third-order valence-corrected chi connectivity index (χ3v) is 5.15. The van der Waals surface area contributed by atoms with Crippen LogP contribution in [0.3, 0.4) is 0 Å². The number of carbonyl (C=O) groups excluding carboxylic acids is 1. The lowest BCUT2D eigenvalue weighted by atomic mass is 10.1. The van der Waals surface area contributed by atoms with Gasteiger partial charge in [0.05, 0.1) is 19.4 Å². The van der Waals surface area contributed by atoms with Crippen molar-refractivity contribution in [3.05, 3.63) is 89.2 Å². The standard InChI is InChI=1S/C28H28N2O5/c1-4-32-23-10-12-24-22(15-23)16-27(35-24)28(31)30-29-17-20-9-11-25(26(14-20)33-5-2)34-18-21-8-6-7-19(3)13-21/h6-17H,4-5,18H2,1-3H3,(H,30,31)/b29-17+. The minimum absolute atomic E-state index is 0.167. The first-order valence-electron chi connectivity index (χ1n) is 11.5. The van der Waals surface area contributed by atoms with Gasteiger partial charge < -0.3 is 18.6 Å². The van der Waals surface area contributed by atoms with Crippen molar-refractivity contribution < 1.29 is 23.4 Å². The van der Waals surface area contributed by atoms with Gasteiger partial charge in [-0.3, -0.25) is 4.79 Å². The van der Waals surface area contributed by atoms with E-state index in [1.54, 1.807) is 24.4 Å². The lowest BCUT2D eigenvalue weighted by Gasteiger charge is -2.13. The largest absolute Gasteiger partial charge is 0.494 e. The highest BCUT2D eigenvalue weighted by Crippen LogP contribution is 2.29. The number of nitrogens with zero attached hydrogens (tertiary/aromatic N) is 1.